The van der Waals surface area contributed by atoms with Crippen molar-refractivity contribution < 1.29 is 4.79 Å². The van der Waals surface area contributed by atoms with E-state index < -0.39 is 0 Å². The third-order valence-corrected chi connectivity index (χ3v) is 4.00. The van der Waals surface area contributed by atoms with Gasteiger partial charge in [0.25, 0.3) is 5.91 Å². The molecule has 0 radical (unpaired) electrons. The fourth-order valence-electron chi connectivity index (χ4n) is 2.87. The van der Waals surface area contributed by atoms with Gasteiger partial charge < -0.3 is 9.80 Å². The maximum Gasteiger partial charge on any atom is 0.257 e. The van der Waals surface area contributed by atoms with E-state index in [1.165, 1.54) is 30.4 Å². The summed E-state index contributed by atoms with van der Waals surface area (Å²) in [6.07, 6.45) is 7.02. The number of benzene rings is 1. The third-order valence-electron chi connectivity index (χ3n) is 4.00. The Labute approximate surface area is 130 Å². The van der Waals surface area contributed by atoms with E-state index in [0.717, 1.165) is 13.1 Å². The molecule has 0 saturated carbocycles. The lowest BCUT2D eigenvalue weighted by atomic mass is 10.1. The molecule has 0 unspecified atom stereocenters. The maximum absolute atomic E-state index is 12.4. The van der Waals surface area contributed by atoms with Gasteiger partial charge in [-0.25, -0.2) is 9.97 Å². The van der Waals surface area contributed by atoms with Crippen LogP contribution in [0.15, 0.2) is 43.0 Å². The minimum Gasteiger partial charge on any atom is -0.371 e. The summed E-state index contributed by atoms with van der Waals surface area (Å²) in [5.41, 5.74) is 2.93. The fraction of sp³-hybridized carbons (Fsp3) is 0.353. The first-order chi connectivity index (χ1) is 10.8. The van der Waals surface area contributed by atoms with E-state index in [9.17, 15) is 4.79 Å². The molecule has 1 aliphatic rings. The predicted molar refractivity (Wildman–Crippen MR) is 85.7 cm³/mol. The first-order valence-corrected chi connectivity index (χ1v) is 7.59. The smallest absolute Gasteiger partial charge is 0.257 e. The molecule has 0 spiro atoms. The first-order valence-electron chi connectivity index (χ1n) is 7.59. The molecule has 2 heterocycles. The van der Waals surface area contributed by atoms with Crippen LogP contribution in [-0.4, -0.2) is 40.9 Å². The van der Waals surface area contributed by atoms with Gasteiger partial charge >= 0.3 is 0 Å². The molecule has 5 heteroatoms. The summed E-state index contributed by atoms with van der Waals surface area (Å²) >= 11 is 0. The van der Waals surface area contributed by atoms with Crippen LogP contribution in [0.5, 0.6) is 0 Å². The molecule has 2 aromatic rings. The Kier molecular flexibility index (Phi) is 4.32. The topological polar surface area (TPSA) is 49.3 Å². The Morgan fingerprint density at radius 3 is 2.59 bits per heavy atom. The number of nitrogens with zero attached hydrogens (tertiary/aromatic N) is 4. The second kappa shape index (κ2) is 6.56. The zero-order valence-corrected chi connectivity index (χ0v) is 12.8. The quantitative estimate of drug-likeness (QED) is 0.869. The fourth-order valence-corrected chi connectivity index (χ4v) is 2.87. The van der Waals surface area contributed by atoms with E-state index >= 15 is 0 Å². The van der Waals surface area contributed by atoms with Crippen molar-refractivity contribution in [2.24, 2.45) is 0 Å². The van der Waals surface area contributed by atoms with E-state index in [1.807, 2.05) is 13.1 Å². The molecule has 0 atom stereocenters. The Hall–Kier alpha value is -2.43. The highest BCUT2D eigenvalue weighted by atomic mass is 16.2. The van der Waals surface area contributed by atoms with Gasteiger partial charge in [-0.3, -0.25) is 4.79 Å². The summed E-state index contributed by atoms with van der Waals surface area (Å²) in [6, 6.07) is 8.33. The van der Waals surface area contributed by atoms with Crippen LogP contribution >= 0.6 is 0 Å². The number of carbonyl (C=O) groups excluding carboxylic acids is 1. The highest BCUT2D eigenvalue weighted by Gasteiger charge is 2.18. The van der Waals surface area contributed by atoms with Gasteiger partial charge in [-0.15, -0.1) is 0 Å². The average molecular weight is 296 g/mol. The summed E-state index contributed by atoms with van der Waals surface area (Å²) in [4.78, 5) is 24.3. The summed E-state index contributed by atoms with van der Waals surface area (Å²) < 4.78 is 0. The zero-order chi connectivity index (χ0) is 15.4. The summed E-state index contributed by atoms with van der Waals surface area (Å²) in [5, 5.41) is 0. The minimum atomic E-state index is -0.0585. The number of anilines is 1. The van der Waals surface area contributed by atoms with Crippen molar-refractivity contribution in [3.8, 4) is 0 Å². The van der Waals surface area contributed by atoms with Crippen molar-refractivity contribution in [2.45, 2.75) is 19.4 Å². The van der Waals surface area contributed by atoms with Crippen molar-refractivity contribution in [3.05, 3.63) is 54.1 Å². The Morgan fingerprint density at radius 2 is 1.86 bits per heavy atom. The summed E-state index contributed by atoms with van der Waals surface area (Å²) in [6.45, 7) is 2.78. The van der Waals surface area contributed by atoms with Gasteiger partial charge in [-0.2, -0.15) is 0 Å². The second-order valence-corrected chi connectivity index (χ2v) is 5.61. The molecule has 0 aliphatic carbocycles. The number of rotatable bonds is 4. The number of carbonyl (C=O) groups is 1. The molecule has 0 bridgehead atoms. The minimum absolute atomic E-state index is 0.0585. The number of amides is 1. The molecule has 3 rings (SSSR count). The van der Waals surface area contributed by atoms with Crippen LogP contribution < -0.4 is 4.90 Å². The molecule has 1 aliphatic heterocycles. The lowest BCUT2D eigenvalue weighted by Crippen LogP contribution is -2.28. The average Bonchev–Trinajstić information content (AvgIpc) is 3.10. The van der Waals surface area contributed by atoms with Crippen LogP contribution in [0.4, 0.5) is 5.69 Å². The van der Waals surface area contributed by atoms with Gasteiger partial charge in [-0.05, 0) is 24.5 Å². The summed E-state index contributed by atoms with van der Waals surface area (Å²) in [7, 11) is 1.82. The monoisotopic (exact) mass is 296 g/mol. The van der Waals surface area contributed by atoms with Crippen molar-refractivity contribution in [1.29, 1.82) is 0 Å². The molecule has 5 nitrogen and oxygen atoms in total. The van der Waals surface area contributed by atoms with E-state index in [-0.39, 0.29) is 5.91 Å². The molecule has 1 aromatic heterocycles. The van der Waals surface area contributed by atoms with Crippen LogP contribution in [0.2, 0.25) is 0 Å². The first kappa shape index (κ1) is 14.5. The normalized spacial score (nSPS) is 14.1. The number of hydrogen-bond acceptors (Lipinski definition) is 4. The largest absolute Gasteiger partial charge is 0.371 e. The lowest BCUT2D eigenvalue weighted by molar-refractivity contribution is 0.0784. The molecule has 114 valence electrons. The summed E-state index contributed by atoms with van der Waals surface area (Å²) in [5.74, 6) is -0.0585. The van der Waals surface area contributed by atoms with Crippen molar-refractivity contribution in [1.82, 2.24) is 14.9 Å². The van der Waals surface area contributed by atoms with Gasteiger partial charge in [-0.1, -0.05) is 18.2 Å². The molecule has 1 amide bonds. The number of hydrogen-bond donors (Lipinski definition) is 0. The van der Waals surface area contributed by atoms with E-state index in [2.05, 4.69) is 33.1 Å². The van der Waals surface area contributed by atoms with Gasteiger partial charge in [0.15, 0.2) is 0 Å². The molecule has 0 N–H and O–H groups in total. The van der Waals surface area contributed by atoms with Gasteiger partial charge in [0, 0.05) is 44.8 Å². The third kappa shape index (κ3) is 3.08. The van der Waals surface area contributed by atoms with Crippen molar-refractivity contribution >= 4 is 11.6 Å². The SMILES string of the molecule is CN(Cc1ccccc1N1CCCC1)C(=O)c1cncnc1. The van der Waals surface area contributed by atoms with Crippen LogP contribution in [-0.2, 0) is 6.54 Å². The Morgan fingerprint density at radius 1 is 1.18 bits per heavy atom. The van der Waals surface area contributed by atoms with Gasteiger partial charge in [0.1, 0.15) is 6.33 Å². The zero-order valence-electron chi connectivity index (χ0n) is 12.8. The van der Waals surface area contributed by atoms with E-state index in [4.69, 9.17) is 0 Å². The molecular formula is C17H20N4O. The highest BCUT2D eigenvalue weighted by molar-refractivity contribution is 5.93. The van der Waals surface area contributed by atoms with Crippen LogP contribution in [0.25, 0.3) is 0 Å². The predicted octanol–water partition coefficient (Wildman–Crippen LogP) is 2.35. The number of para-hydroxylation sites is 1. The second-order valence-electron chi connectivity index (χ2n) is 5.61. The van der Waals surface area contributed by atoms with Crippen LogP contribution in [0.3, 0.4) is 0 Å². The Bertz CT molecular complexity index is 638. The molecule has 1 saturated heterocycles. The Balaban J connectivity index is 1.77. The molecular weight excluding hydrogens is 276 g/mol. The van der Waals surface area contributed by atoms with Gasteiger partial charge in [0.05, 0.1) is 5.56 Å². The standard InChI is InChI=1S/C17H20N4O/c1-20(17(22)15-10-18-13-19-11-15)12-14-6-2-3-7-16(14)21-8-4-5-9-21/h2-3,6-7,10-11,13H,4-5,8-9,12H2,1H3. The van der Waals surface area contributed by atoms with E-state index in [1.54, 1.807) is 17.3 Å². The van der Waals surface area contributed by atoms with E-state index in [0.29, 0.717) is 12.1 Å². The maximum atomic E-state index is 12.4. The van der Waals surface area contributed by atoms with Crippen molar-refractivity contribution in [2.75, 3.05) is 25.0 Å². The van der Waals surface area contributed by atoms with Crippen LogP contribution in [0, 0.1) is 0 Å². The van der Waals surface area contributed by atoms with Crippen molar-refractivity contribution in [3.63, 3.8) is 0 Å². The molecule has 22 heavy (non-hydrogen) atoms. The molecule has 1 fully saturated rings. The molecule has 1 aromatic carbocycles. The highest BCUT2D eigenvalue weighted by Crippen LogP contribution is 2.25. The van der Waals surface area contributed by atoms with Gasteiger partial charge in [0.2, 0.25) is 0 Å². The number of aromatic nitrogens is 2. The lowest BCUT2D eigenvalue weighted by Gasteiger charge is -2.24. The van der Waals surface area contributed by atoms with Crippen LogP contribution in [0.1, 0.15) is 28.8 Å².